The van der Waals surface area contributed by atoms with Crippen molar-refractivity contribution < 1.29 is 27.5 Å². The van der Waals surface area contributed by atoms with Gasteiger partial charge in [0.15, 0.2) is 0 Å². The van der Waals surface area contributed by atoms with E-state index < -0.39 is 29.2 Å². The Morgan fingerprint density at radius 3 is 2.00 bits per heavy atom. The minimum absolute atomic E-state index is 0.0790. The van der Waals surface area contributed by atoms with Crippen molar-refractivity contribution in [2.75, 3.05) is 0 Å². The van der Waals surface area contributed by atoms with E-state index in [1.54, 1.807) is 18.2 Å². The third-order valence-corrected chi connectivity index (χ3v) is 2.65. The second kappa shape index (κ2) is 5.78. The molecule has 2 aromatic rings. The molecule has 3 nitrogen and oxygen atoms in total. The first kappa shape index (κ1) is 14.8. The molecule has 21 heavy (non-hydrogen) atoms. The van der Waals surface area contributed by atoms with Gasteiger partial charge >= 0.3 is 18.1 Å². The van der Waals surface area contributed by atoms with Crippen LogP contribution < -0.4 is 0 Å². The molecule has 2 rings (SSSR count). The fourth-order valence-corrected chi connectivity index (χ4v) is 1.68. The molecule has 0 unspecified atom stereocenters. The van der Waals surface area contributed by atoms with Crippen molar-refractivity contribution in [2.24, 2.45) is 0 Å². The summed E-state index contributed by atoms with van der Waals surface area (Å²) in [6, 6.07) is 11.7. The number of carbonyl (C=O) groups excluding carboxylic acids is 2. The number of ether oxygens (including phenoxy) is 1. The van der Waals surface area contributed by atoms with E-state index in [1.807, 2.05) is 0 Å². The zero-order valence-electron chi connectivity index (χ0n) is 10.6. The van der Waals surface area contributed by atoms with Crippen LogP contribution in [0, 0.1) is 0 Å². The van der Waals surface area contributed by atoms with Gasteiger partial charge in [0.25, 0.3) is 0 Å². The largest absolute Gasteiger partial charge is 0.417 e. The Labute approximate surface area is 118 Å². The summed E-state index contributed by atoms with van der Waals surface area (Å²) in [4.78, 5) is 23.4. The molecule has 0 bridgehead atoms. The molecular formula is C15H9F3O3. The second-order valence-corrected chi connectivity index (χ2v) is 4.09. The first-order valence-corrected chi connectivity index (χ1v) is 5.87. The Kier molecular flexibility index (Phi) is 4.07. The van der Waals surface area contributed by atoms with Crippen LogP contribution in [0.15, 0.2) is 54.6 Å². The van der Waals surface area contributed by atoms with Crippen molar-refractivity contribution in [3.8, 4) is 0 Å². The summed E-state index contributed by atoms with van der Waals surface area (Å²) in [5.74, 6) is -2.34. The van der Waals surface area contributed by atoms with E-state index >= 15 is 0 Å². The van der Waals surface area contributed by atoms with Crippen LogP contribution in [0.4, 0.5) is 13.2 Å². The Balaban J connectivity index is 2.24. The average Bonchev–Trinajstić information content (AvgIpc) is 2.47. The highest BCUT2D eigenvalue weighted by Gasteiger charge is 2.35. The molecule has 0 atom stereocenters. The van der Waals surface area contributed by atoms with E-state index in [1.165, 1.54) is 18.2 Å². The van der Waals surface area contributed by atoms with Gasteiger partial charge in [-0.15, -0.1) is 0 Å². The monoisotopic (exact) mass is 294 g/mol. The van der Waals surface area contributed by atoms with Crippen LogP contribution in [0.2, 0.25) is 0 Å². The van der Waals surface area contributed by atoms with Gasteiger partial charge in [-0.3, -0.25) is 0 Å². The summed E-state index contributed by atoms with van der Waals surface area (Å²) in [6.45, 7) is 0. The standard InChI is InChI=1S/C15H9F3O3/c16-15(17,18)12-9-5-4-8-11(12)14(20)21-13(19)10-6-2-1-3-7-10/h1-9H. The van der Waals surface area contributed by atoms with E-state index in [-0.39, 0.29) is 5.56 Å². The quantitative estimate of drug-likeness (QED) is 0.626. The molecule has 0 radical (unpaired) electrons. The second-order valence-electron chi connectivity index (χ2n) is 4.09. The van der Waals surface area contributed by atoms with Crippen LogP contribution >= 0.6 is 0 Å². The molecule has 2 aromatic carbocycles. The van der Waals surface area contributed by atoms with Crippen molar-refractivity contribution in [1.29, 1.82) is 0 Å². The van der Waals surface area contributed by atoms with Gasteiger partial charge in [-0.05, 0) is 24.3 Å². The number of carbonyl (C=O) groups is 2. The van der Waals surface area contributed by atoms with Gasteiger partial charge < -0.3 is 4.74 Å². The van der Waals surface area contributed by atoms with E-state index in [9.17, 15) is 22.8 Å². The zero-order valence-corrected chi connectivity index (χ0v) is 10.6. The Morgan fingerprint density at radius 2 is 1.38 bits per heavy atom. The predicted molar refractivity (Wildman–Crippen MR) is 67.6 cm³/mol. The number of rotatable bonds is 2. The maximum absolute atomic E-state index is 12.8. The highest BCUT2D eigenvalue weighted by atomic mass is 19.4. The fraction of sp³-hybridized carbons (Fsp3) is 0.0667. The molecule has 0 aliphatic heterocycles. The van der Waals surface area contributed by atoms with Gasteiger partial charge in [-0.1, -0.05) is 30.3 Å². The minimum atomic E-state index is -4.70. The summed E-state index contributed by atoms with van der Waals surface area (Å²) < 4.78 is 42.8. The first-order valence-electron chi connectivity index (χ1n) is 5.87. The highest BCUT2D eigenvalue weighted by molar-refractivity contribution is 6.03. The molecule has 0 heterocycles. The molecule has 0 spiro atoms. The Hall–Kier alpha value is -2.63. The van der Waals surface area contributed by atoms with Crippen LogP contribution in [0.5, 0.6) is 0 Å². The third-order valence-electron chi connectivity index (χ3n) is 2.65. The summed E-state index contributed by atoms with van der Waals surface area (Å²) in [6.07, 6.45) is -4.70. The molecule has 0 aliphatic rings. The maximum atomic E-state index is 12.8. The van der Waals surface area contributed by atoms with Gasteiger partial charge in [0, 0.05) is 0 Å². The molecular weight excluding hydrogens is 285 g/mol. The van der Waals surface area contributed by atoms with Crippen LogP contribution in [0.1, 0.15) is 26.3 Å². The van der Waals surface area contributed by atoms with Crippen molar-refractivity contribution >= 4 is 11.9 Å². The molecule has 0 aromatic heterocycles. The Morgan fingerprint density at radius 1 is 0.810 bits per heavy atom. The summed E-state index contributed by atoms with van der Waals surface area (Å²) in [5, 5.41) is 0. The molecule has 108 valence electrons. The van der Waals surface area contributed by atoms with Crippen molar-refractivity contribution in [1.82, 2.24) is 0 Å². The number of benzene rings is 2. The Bertz CT molecular complexity index is 663. The molecule has 0 aliphatic carbocycles. The lowest BCUT2D eigenvalue weighted by Gasteiger charge is -2.11. The summed E-state index contributed by atoms with van der Waals surface area (Å²) >= 11 is 0. The summed E-state index contributed by atoms with van der Waals surface area (Å²) in [5.41, 5.74) is -1.76. The molecule has 0 saturated heterocycles. The predicted octanol–water partition coefficient (Wildman–Crippen LogP) is 3.70. The van der Waals surface area contributed by atoms with Crippen LogP contribution in [0.3, 0.4) is 0 Å². The summed E-state index contributed by atoms with van der Waals surface area (Å²) in [7, 11) is 0. The lowest BCUT2D eigenvalue weighted by atomic mass is 10.1. The number of alkyl halides is 3. The van der Waals surface area contributed by atoms with Crippen molar-refractivity contribution in [3.05, 3.63) is 71.3 Å². The van der Waals surface area contributed by atoms with Crippen LogP contribution in [-0.4, -0.2) is 11.9 Å². The van der Waals surface area contributed by atoms with Gasteiger partial charge in [-0.2, -0.15) is 13.2 Å². The molecule has 0 saturated carbocycles. The molecule has 0 N–H and O–H groups in total. The van der Waals surface area contributed by atoms with E-state index in [2.05, 4.69) is 4.74 Å². The zero-order chi connectivity index (χ0) is 15.5. The van der Waals surface area contributed by atoms with Gasteiger partial charge in [0.05, 0.1) is 16.7 Å². The lowest BCUT2D eigenvalue weighted by Crippen LogP contribution is -2.18. The van der Waals surface area contributed by atoms with E-state index in [0.29, 0.717) is 0 Å². The van der Waals surface area contributed by atoms with Crippen molar-refractivity contribution in [3.63, 3.8) is 0 Å². The van der Waals surface area contributed by atoms with Gasteiger partial charge in [-0.25, -0.2) is 9.59 Å². The van der Waals surface area contributed by atoms with E-state index in [0.717, 1.165) is 18.2 Å². The maximum Gasteiger partial charge on any atom is 0.417 e. The smallest absolute Gasteiger partial charge is 0.386 e. The topological polar surface area (TPSA) is 43.4 Å². The molecule has 0 fully saturated rings. The van der Waals surface area contributed by atoms with Crippen molar-refractivity contribution in [2.45, 2.75) is 6.18 Å². The minimum Gasteiger partial charge on any atom is -0.386 e. The van der Waals surface area contributed by atoms with E-state index in [4.69, 9.17) is 0 Å². The normalized spacial score (nSPS) is 11.0. The first-order chi connectivity index (χ1) is 9.89. The molecule has 6 heteroatoms. The highest BCUT2D eigenvalue weighted by Crippen LogP contribution is 2.32. The molecule has 0 amide bonds. The van der Waals surface area contributed by atoms with Crippen LogP contribution in [-0.2, 0) is 10.9 Å². The number of hydrogen-bond acceptors (Lipinski definition) is 3. The number of hydrogen-bond donors (Lipinski definition) is 0. The average molecular weight is 294 g/mol. The third kappa shape index (κ3) is 3.47. The number of esters is 2. The van der Waals surface area contributed by atoms with Gasteiger partial charge in [0.2, 0.25) is 0 Å². The number of halogens is 3. The lowest BCUT2D eigenvalue weighted by molar-refractivity contribution is -0.138. The van der Waals surface area contributed by atoms with Gasteiger partial charge in [0.1, 0.15) is 0 Å². The van der Waals surface area contributed by atoms with Crippen LogP contribution in [0.25, 0.3) is 0 Å². The fourth-order valence-electron chi connectivity index (χ4n) is 1.68. The SMILES string of the molecule is O=C(OC(=O)c1ccccc1C(F)(F)F)c1ccccc1.